The Labute approximate surface area is 63.9 Å². The summed E-state index contributed by atoms with van der Waals surface area (Å²) in [5, 5.41) is 7.62. The van der Waals surface area contributed by atoms with Gasteiger partial charge in [0, 0.05) is 6.42 Å². The molecule has 2 nitrogen and oxygen atoms in total. The van der Waals surface area contributed by atoms with Gasteiger partial charge in [-0.2, -0.15) is 0 Å². The molecule has 0 aliphatic heterocycles. The molecule has 0 bridgehead atoms. The zero-order chi connectivity index (χ0) is 8.20. The van der Waals surface area contributed by atoms with Crippen LogP contribution < -0.4 is 0 Å². The molecule has 0 aliphatic carbocycles. The van der Waals surface area contributed by atoms with Crippen LogP contribution in [0.1, 0.15) is 26.7 Å². The molecule has 1 N–H and O–H groups in total. The monoisotopic (exact) mass is 143 g/mol. The summed E-state index contributed by atoms with van der Waals surface area (Å²) in [6.45, 7) is 5.27. The third kappa shape index (κ3) is 2.48. The smallest absolute Gasteiger partial charge is 0.194 e. The normalized spacial score (nSPS) is 11.6. The van der Waals surface area contributed by atoms with Gasteiger partial charge in [0.2, 0.25) is 0 Å². The van der Waals surface area contributed by atoms with Crippen LogP contribution in [0.25, 0.3) is 0 Å². The van der Waals surface area contributed by atoms with Crippen LogP contribution in [0.15, 0.2) is 0 Å². The number of nitrogens with zero attached hydrogens (tertiary/aromatic N) is 1. The highest BCUT2D eigenvalue weighted by Gasteiger charge is 2.18. The van der Waals surface area contributed by atoms with Crippen molar-refractivity contribution in [3.8, 4) is 0 Å². The van der Waals surface area contributed by atoms with Crippen molar-refractivity contribution < 1.29 is 4.48 Å². The van der Waals surface area contributed by atoms with E-state index >= 15 is 0 Å². The lowest BCUT2D eigenvalue weighted by molar-refractivity contribution is -0.801. The predicted molar refractivity (Wildman–Crippen MR) is 45.3 cm³/mol. The molecule has 2 heteroatoms. The van der Waals surface area contributed by atoms with Crippen molar-refractivity contribution in [3.63, 3.8) is 0 Å². The molecule has 0 aromatic rings. The van der Waals surface area contributed by atoms with E-state index in [0.717, 1.165) is 29.7 Å². The van der Waals surface area contributed by atoms with Crippen molar-refractivity contribution >= 4 is 5.84 Å². The van der Waals surface area contributed by atoms with Crippen LogP contribution in [0, 0.1) is 5.41 Å². The molecule has 0 heterocycles. The maximum Gasteiger partial charge on any atom is 0.194 e. The largest absolute Gasteiger partial charge is 0.284 e. The van der Waals surface area contributed by atoms with Crippen LogP contribution in [0.2, 0.25) is 0 Å². The van der Waals surface area contributed by atoms with Crippen LogP contribution >= 0.6 is 0 Å². The summed E-state index contributed by atoms with van der Waals surface area (Å²) in [6, 6.07) is 0. The molecule has 0 atom stereocenters. The number of nitrogens with one attached hydrogen (secondary N) is 1. The second kappa shape index (κ2) is 3.71. The third-order valence-corrected chi connectivity index (χ3v) is 1.85. The van der Waals surface area contributed by atoms with Gasteiger partial charge in [-0.3, -0.25) is 9.89 Å². The van der Waals surface area contributed by atoms with Crippen molar-refractivity contribution in [2.75, 3.05) is 20.6 Å². The fourth-order valence-electron chi connectivity index (χ4n) is 1.12. The van der Waals surface area contributed by atoms with E-state index < -0.39 is 0 Å². The first-order valence-corrected chi connectivity index (χ1v) is 3.95. The van der Waals surface area contributed by atoms with Gasteiger partial charge in [0.25, 0.3) is 0 Å². The average Bonchev–Trinajstić information content (AvgIpc) is 1.86. The Morgan fingerprint density at radius 3 is 2.10 bits per heavy atom. The van der Waals surface area contributed by atoms with Gasteiger partial charge < -0.3 is 0 Å². The van der Waals surface area contributed by atoms with Gasteiger partial charge in [-0.15, -0.1) is 0 Å². The minimum atomic E-state index is 0.757. The van der Waals surface area contributed by atoms with E-state index in [4.69, 9.17) is 5.41 Å². The Hall–Kier alpha value is -0.370. The molecule has 0 aromatic carbocycles. The molecule has 0 aliphatic rings. The third-order valence-electron chi connectivity index (χ3n) is 1.85. The summed E-state index contributed by atoms with van der Waals surface area (Å²) in [5.74, 6) is 0.821. The molecule has 0 fully saturated rings. The SMILES string of the molecule is CCC[N+](C)(C)C(=N)CC. The fourth-order valence-corrected chi connectivity index (χ4v) is 1.12. The lowest BCUT2D eigenvalue weighted by atomic mass is 10.3. The molecule has 0 spiro atoms. The van der Waals surface area contributed by atoms with Gasteiger partial charge in [-0.1, -0.05) is 13.8 Å². The Morgan fingerprint density at radius 2 is 1.80 bits per heavy atom. The quantitative estimate of drug-likeness (QED) is 0.354. The molecule has 0 saturated heterocycles. The Balaban J connectivity index is 3.96. The number of quaternary nitrogens is 1. The van der Waals surface area contributed by atoms with Gasteiger partial charge in [0.1, 0.15) is 0 Å². The van der Waals surface area contributed by atoms with E-state index in [1.165, 1.54) is 0 Å². The van der Waals surface area contributed by atoms with Crippen LogP contribution in [0.5, 0.6) is 0 Å². The topological polar surface area (TPSA) is 23.9 Å². The van der Waals surface area contributed by atoms with Gasteiger partial charge in [-0.25, -0.2) is 0 Å². The summed E-state index contributed by atoms with van der Waals surface area (Å²) < 4.78 is 0.757. The lowest BCUT2D eigenvalue weighted by Gasteiger charge is -2.28. The van der Waals surface area contributed by atoms with Crippen LogP contribution in [0.3, 0.4) is 0 Å². The summed E-state index contributed by atoms with van der Waals surface area (Å²) in [6.07, 6.45) is 2.02. The van der Waals surface area contributed by atoms with E-state index in [1.807, 2.05) is 6.92 Å². The molecule has 0 saturated carbocycles. The van der Waals surface area contributed by atoms with E-state index in [9.17, 15) is 0 Å². The van der Waals surface area contributed by atoms with Crippen molar-refractivity contribution in [2.24, 2.45) is 0 Å². The molecule has 60 valence electrons. The fraction of sp³-hybridized carbons (Fsp3) is 0.875. The first-order chi connectivity index (χ1) is 4.54. The van der Waals surface area contributed by atoms with E-state index in [0.29, 0.717) is 0 Å². The molecule has 0 amide bonds. The lowest BCUT2D eigenvalue weighted by Crippen LogP contribution is -2.45. The van der Waals surface area contributed by atoms with Crippen LogP contribution in [0.4, 0.5) is 0 Å². The zero-order valence-electron chi connectivity index (χ0n) is 7.57. The number of amidine groups is 1. The highest BCUT2D eigenvalue weighted by Crippen LogP contribution is 2.02. The standard InChI is InChI=1S/C8H19N2/c1-5-7-10(3,4)8(9)6-2/h9H,5-7H2,1-4H3/q+1. The molecule has 0 rings (SSSR count). The van der Waals surface area contributed by atoms with E-state index in [2.05, 4.69) is 21.0 Å². The minimum Gasteiger partial charge on any atom is -0.284 e. The second-order valence-electron chi connectivity index (χ2n) is 3.21. The summed E-state index contributed by atoms with van der Waals surface area (Å²) >= 11 is 0. The zero-order valence-corrected chi connectivity index (χ0v) is 7.57. The molecular formula is C8H19N2+. The maximum atomic E-state index is 7.62. The molecule has 0 unspecified atom stereocenters. The van der Waals surface area contributed by atoms with Crippen LogP contribution in [-0.2, 0) is 0 Å². The summed E-state index contributed by atoms with van der Waals surface area (Å²) in [7, 11) is 4.19. The predicted octanol–water partition coefficient (Wildman–Crippen LogP) is 1.86. The Bertz CT molecular complexity index is 116. The van der Waals surface area contributed by atoms with Crippen molar-refractivity contribution in [1.82, 2.24) is 0 Å². The van der Waals surface area contributed by atoms with Crippen molar-refractivity contribution in [2.45, 2.75) is 26.7 Å². The van der Waals surface area contributed by atoms with E-state index in [-0.39, 0.29) is 0 Å². The Kier molecular flexibility index (Phi) is 3.58. The number of hydrogen-bond acceptors (Lipinski definition) is 1. The number of hydrogen-bond donors (Lipinski definition) is 1. The van der Waals surface area contributed by atoms with Gasteiger partial charge >= 0.3 is 0 Å². The first-order valence-electron chi connectivity index (χ1n) is 3.95. The van der Waals surface area contributed by atoms with Crippen molar-refractivity contribution in [3.05, 3.63) is 0 Å². The highest BCUT2D eigenvalue weighted by molar-refractivity contribution is 5.71. The maximum absolute atomic E-state index is 7.62. The van der Waals surface area contributed by atoms with E-state index in [1.54, 1.807) is 0 Å². The molecular weight excluding hydrogens is 124 g/mol. The average molecular weight is 143 g/mol. The molecule has 0 radical (unpaired) electrons. The summed E-state index contributed by atoms with van der Waals surface area (Å²) in [5.41, 5.74) is 0. The van der Waals surface area contributed by atoms with Gasteiger partial charge in [-0.05, 0) is 6.42 Å². The molecule has 0 aromatic heterocycles. The van der Waals surface area contributed by atoms with Crippen LogP contribution in [-0.4, -0.2) is 31.0 Å². The second-order valence-corrected chi connectivity index (χ2v) is 3.21. The van der Waals surface area contributed by atoms with Gasteiger partial charge in [0.05, 0.1) is 20.6 Å². The van der Waals surface area contributed by atoms with Gasteiger partial charge in [0.15, 0.2) is 5.84 Å². The number of rotatable bonds is 3. The highest BCUT2D eigenvalue weighted by atomic mass is 15.3. The molecule has 10 heavy (non-hydrogen) atoms. The first kappa shape index (κ1) is 9.63. The minimum absolute atomic E-state index is 0.757. The summed E-state index contributed by atoms with van der Waals surface area (Å²) in [4.78, 5) is 0. The van der Waals surface area contributed by atoms with Crippen molar-refractivity contribution in [1.29, 1.82) is 5.41 Å². The Morgan fingerprint density at radius 1 is 1.30 bits per heavy atom.